The summed E-state index contributed by atoms with van der Waals surface area (Å²) in [6.45, 7) is 1.77. The Morgan fingerprint density at radius 1 is 1.50 bits per heavy atom. The van der Waals surface area contributed by atoms with Crippen molar-refractivity contribution in [3.63, 3.8) is 0 Å². The highest BCUT2D eigenvalue weighted by molar-refractivity contribution is 9.10. The molecule has 0 radical (unpaired) electrons. The minimum Gasteiger partial charge on any atom is -0.465 e. The lowest BCUT2D eigenvalue weighted by Gasteiger charge is -2.08. The van der Waals surface area contributed by atoms with Crippen molar-refractivity contribution in [1.82, 2.24) is 0 Å². The molecule has 1 heterocycles. The van der Waals surface area contributed by atoms with Gasteiger partial charge in [-0.3, -0.25) is 4.79 Å². The number of nitrogens with one attached hydrogen (secondary N) is 1. The third-order valence-electron chi connectivity index (χ3n) is 2.63. The average molecular weight is 284 g/mol. The van der Waals surface area contributed by atoms with Crippen LogP contribution in [0.15, 0.2) is 16.6 Å². The lowest BCUT2D eigenvalue weighted by Crippen LogP contribution is -2.10. The van der Waals surface area contributed by atoms with Crippen molar-refractivity contribution >= 4 is 33.5 Å². The number of halogens is 1. The molecule has 0 aliphatic carbocycles. The highest BCUT2D eigenvalue weighted by atomic mass is 79.9. The number of fused-ring (bicyclic) bond motifs is 1. The van der Waals surface area contributed by atoms with Crippen molar-refractivity contribution in [1.29, 1.82) is 0 Å². The SMILES string of the molecule is COC(=O)c1cc(Br)cc2c1C(C)C(=O)N2. The zero-order valence-electron chi connectivity index (χ0n) is 8.83. The molecule has 2 rings (SSSR count). The lowest BCUT2D eigenvalue weighted by molar-refractivity contribution is -0.116. The second-order valence-corrected chi connectivity index (χ2v) is 4.53. The van der Waals surface area contributed by atoms with Gasteiger partial charge in [-0.2, -0.15) is 0 Å². The van der Waals surface area contributed by atoms with E-state index in [2.05, 4.69) is 21.2 Å². The summed E-state index contributed by atoms with van der Waals surface area (Å²) in [4.78, 5) is 23.1. The summed E-state index contributed by atoms with van der Waals surface area (Å²) in [6.07, 6.45) is 0. The van der Waals surface area contributed by atoms with E-state index in [1.165, 1.54) is 7.11 Å². The van der Waals surface area contributed by atoms with E-state index in [9.17, 15) is 9.59 Å². The van der Waals surface area contributed by atoms with Crippen LogP contribution in [0, 0.1) is 0 Å². The minimum absolute atomic E-state index is 0.0988. The van der Waals surface area contributed by atoms with Crippen molar-refractivity contribution in [3.05, 3.63) is 27.7 Å². The quantitative estimate of drug-likeness (QED) is 0.805. The fourth-order valence-corrected chi connectivity index (χ4v) is 2.30. The first-order chi connectivity index (χ1) is 7.54. The molecule has 0 saturated carbocycles. The topological polar surface area (TPSA) is 55.4 Å². The Labute approximate surface area is 101 Å². The number of esters is 1. The van der Waals surface area contributed by atoms with Gasteiger partial charge in [-0.05, 0) is 19.1 Å². The van der Waals surface area contributed by atoms with E-state index in [-0.39, 0.29) is 11.8 Å². The van der Waals surface area contributed by atoms with Gasteiger partial charge in [0.2, 0.25) is 5.91 Å². The van der Waals surface area contributed by atoms with Gasteiger partial charge in [-0.25, -0.2) is 4.79 Å². The largest absolute Gasteiger partial charge is 0.465 e. The third-order valence-corrected chi connectivity index (χ3v) is 3.09. The molecule has 1 amide bonds. The second kappa shape index (κ2) is 3.90. The molecular weight excluding hydrogens is 274 g/mol. The first kappa shape index (κ1) is 11.1. The Balaban J connectivity index is 2.63. The van der Waals surface area contributed by atoms with Gasteiger partial charge in [0.25, 0.3) is 0 Å². The molecule has 0 spiro atoms. The monoisotopic (exact) mass is 283 g/mol. The normalized spacial score (nSPS) is 17.9. The van der Waals surface area contributed by atoms with Crippen molar-refractivity contribution in [3.8, 4) is 0 Å². The van der Waals surface area contributed by atoms with E-state index in [0.717, 1.165) is 4.47 Å². The summed E-state index contributed by atoms with van der Waals surface area (Å²) in [6, 6.07) is 3.45. The van der Waals surface area contributed by atoms with Crippen LogP contribution in [0.2, 0.25) is 0 Å². The smallest absolute Gasteiger partial charge is 0.338 e. The van der Waals surface area contributed by atoms with Crippen LogP contribution in [0.4, 0.5) is 5.69 Å². The van der Waals surface area contributed by atoms with E-state index in [4.69, 9.17) is 4.74 Å². The highest BCUT2D eigenvalue weighted by Gasteiger charge is 2.31. The number of anilines is 1. The molecule has 5 heteroatoms. The zero-order chi connectivity index (χ0) is 11.9. The molecule has 0 saturated heterocycles. The van der Waals surface area contributed by atoms with Crippen LogP contribution in [-0.2, 0) is 9.53 Å². The summed E-state index contributed by atoms with van der Waals surface area (Å²) in [5.41, 5.74) is 1.81. The maximum absolute atomic E-state index is 11.6. The predicted molar refractivity (Wildman–Crippen MR) is 62.5 cm³/mol. The lowest BCUT2D eigenvalue weighted by atomic mass is 9.97. The molecule has 0 bridgehead atoms. The molecule has 0 fully saturated rings. The average Bonchev–Trinajstić information content (AvgIpc) is 2.52. The van der Waals surface area contributed by atoms with Crippen LogP contribution in [0.25, 0.3) is 0 Å². The maximum atomic E-state index is 11.6. The fourth-order valence-electron chi connectivity index (χ4n) is 1.84. The molecule has 0 aromatic heterocycles. The Hall–Kier alpha value is -1.36. The number of rotatable bonds is 1. The number of benzene rings is 1. The summed E-state index contributed by atoms with van der Waals surface area (Å²) >= 11 is 3.29. The first-order valence-electron chi connectivity index (χ1n) is 4.77. The Bertz CT molecular complexity index is 484. The van der Waals surface area contributed by atoms with Crippen LogP contribution in [0.5, 0.6) is 0 Å². The van der Waals surface area contributed by atoms with Crippen LogP contribution in [-0.4, -0.2) is 19.0 Å². The second-order valence-electron chi connectivity index (χ2n) is 3.62. The number of methoxy groups -OCH3 is 1. The molecule has 4 nitrogen and oxygen atoms in total. The highest BCUT2D eigenvalue weighted by Crippen LogP contribution is 2.37. The van der Waals surface area contributed by atoms with Gasteiger partial charge in [0.05, 0.1) is 18.6 Å². The van der Waals surface area contributed by atoms with E-state index < -0.39 is 5.97 Å². The number of amides is 1. The van der Waals surface area contributed by atoms with Crippen molar-refractivity contribution < 1.29 is 14.3 Å². The molecule has 1 atom stereocenters. The Morgan fingerprint density at radius 2 is 2.19 bits per heavy atom. The van der Waals surface area contributed by atoms with Gasteiger partial charge in [-0.1, -0.05) is 15.9 Å². The number of hydrogen-bond donors (Lipinski definition) is 1. The summed E-state index contributed by atoms with van der Waals surface area (Å²) in [7, 11) is 1.32. The number of carbonyl (C=O) groups excluding carboxylic acids is 2. The van der Waals surface area contributed by atoms with Gasteiger partial charge in [0.15, 0.2) is 0 Å². The molecule has 1 unspecified atom stereocenters. The predicted octanol–water partition coefficient (Wildman–Crippen LogP) is 2.29. The van der Waals surface area contributed by atoms with Gasteiger partial charge in [0.1, 0.15) is 0 Å². The van der Waals surface area contributed by atoms with E-state index in [1.54, 1.807) is 19.1 Å². The summed E-state index contributed by atoms with van der Waals surface area (Å²) in [5, 5.41) is 2.73. The van der Waals surface area contributed by atoms with Gasteiger partial charge >= 0.3 is 5.97 Å². The standard InChI is InChI=1S/C11H10BrNO3/c1-5-9-7(11(15)16-2)3-6(12)4-8(9)13-10(5)14/h3-5H,1-2H3,(H,13,14). The summed E-state index contributed by atoms with van der Waals surface area (Å²) in [5.74, 6) is -0.851. The molecule has 1 aliphatic heterocycles. The third kappa shape index (κ3) is 1.61. The molecule has 1 aliphatic rings. The van der Waals surface area contributed by atoms with Crippen LogP contribution < -0.4 is 5.32 Å². The van der Waals surface area contributed by atoms with Gasteiger partial charge in [-0.15, -0.1) is 0 Å². The zero-order valence-corrected chi connectivity index (χ0v) is 10.4. The van der Waals surface area contributed by atoms with Crippen molar-refractivity contribution in [2.75, 3.05) is 12.4 Å². The van der Waals surface area contributed by atoms with E-state index >= 15 is 0 Å². The Kier molecular flexibility index (Phi) is 2.71. The number of carbonyl (C=O) groups is 2. The fraction of sp³-hybridized carbons (Fsp3) is 0.273. The number of ether oxygens (including phenoxy) is 1. The van der Waals surface area contributed by atoms with Gasteiger partial charge < -0.3 is 10.1 Å². The molecule has 1 N–H and O–H groups in total. The minimum atomic E-state index is -0.430. The number of hydrogen-bond acceptors (Lipinski definition) is 3. The van der Waals surface area contributed by atoms with Crippen LogP contribution in [0.3, 0.4) is 0 Å². The van der Waals surface area contributed by atoms with Crippen molar-refractivity contribution in [2.45, 2.75) is 12.8 Å². The maximum Gasteiger partial charge on any atom is 0.338 e. The summed E-state index contributed by atoms with van der Waals surface area (Å²) < 4.78 is 5.44. The molecule has 1 aromatic rings. The van der Waals surface area contributed by atoms with E-state index in [1.807, 2.05) is 0 Å². The molecule has 84 valence electrons. The molecular formula is C11H10BrNO3. The first-order valence-corrected chi connectivity index (χ1v) is 5.56. The Morgan fingerprint density at radius 3 is 2.81 bits per heavy atom. The molecule has 1 aromatic carbocycles. The van der Waals surface area contributed by atoms with E-state index in [0.29, 0.717) is 16.8 Å². The van der Waals surface area contributed by atoms with Gasteiger partial charge in [0, 0.05) is 15.7 Å². The van der Waals surface area contributed by atoms with Crippen molar-refractivity contribution in [2.24, 2.45) is 0 Å². The van der Waals surface area contributed by atoms with Crippen LogP contribution in [0.1, 0.15) is 28.8 Å². The molecule has 16 heavy (non-hydrogen) atoms. The van der Waals surface area contributed by atoms with Crippen LogP contribution >= 0.6 is 15.9 Å².